The minimum absolute atomic E-state index is 0. The maximum absolute atomic E-state index is 13.4. The molecule has 1 aromatic rings. The highest BCUT2D eigenvalue weighted by Gasteiger charge is 2.40. The van der Waals surface area contributed by atoms with E-state index in [9.17, 15) is 9.18 Å². The maximum Gasteiger partial charge on any atom is 0.239 e. The third-order valence-electron chi connectivity index (χ3n) is 5.85. The van der Waals surface area contributed by atoms with E-state index < -0.39 is 5.82 Å². The Morgan fingerprint density at radius 1 is 1.31 bits per heavy atom. The summed E-state index contributed by atoms with van der Waals surface area (Å²) in [4.78, 5) is 14.9. The fraction of sp³-hybridized carbons (Fsp3) is 0.632. The van der Waals surface area contributed by atoms with Crippen LogP contribution in [0.2, 0.25) is 5.02 Å². The monoisotopic (exact) mass is 402 g/mol. The highest BCUT2D eigenvalue weighted by Crippen LogP contribution is 2.34. The Bertz CT molecular complexity index is 646. The summed E-state index contributed by atoms with van der Waals surface area (Å²) in [5.74, 6) is 0.387. The van der Waals surface area contributed by atoms with E-state index in [2.05, 4.69) is 5.32 Å². The molecule has 1 amide bonds. The Morgan fingerprint density at radius 3 is 2.88 bits per heavy atom. The van der Waals surface area contributed by atoms with Crippen LogP contribution in [-0.2, 0) is 9.53 Å². The minimum Gasteiger partial charge on any atom is -0.370 e. The fourth-order valence-corrected chi connectivity index (χ4v) is 4.68. The van der Waals surface area contributed by atoms with Crippen LogP contribution in [0.1, 0.15) is 43.8 Å². The predicted octanol–water partition coefficient (Wildman–Crippen LogP) is 3.72. The van der Waals surface area contributed by atoms with Crippen LogP contribution in [0.4, 0.5) is 4.39 Å². The number of nitrogens with one attached hydrogen (secondary N) is 1. The van der Waals surface area contributed by atoms with Gasteiger partial charge < -0.3 is 15.0 Å². The summed E-state index contributed by atoms with van der Waals surface area (Å²) < 4.78 is 19.2. The van der Waals surface area contributed by atoms with Crippen molar-refractivity contribution in [2.45, 2.75) is 50.3 Å². The number of carbonyl (C=O) groups excluding carboxylic acids is 1. The molecule has 26 heavy (non-hydrogen) atoms. The van der Waals surface area contributed by atoms with Crippen molar-refractivity contribution in [3.05, 3.63) is 34.6 Å². The van der Waals surface area contributed by atoms with Crippen LogP contribution in [0.15, 0.2) is 18.2 Å². The van der Waals surface area contributed by atoms with Crippen LogP contribution >= 0.6 is 24.0 Å². The maximum atomic E-state index is 13.4. The van der Waals surface area contributed by atoms with Crippen LogP contribution in [-0.4, -0.2) is 42.6 Å². The van der Waals surface area contributed by atoms with Crippen LogP contribution in [0.3, 0.4) is 0 Å². The number of hydrogen-bond acceptors (Lipinski definition) is 3. The van der Waals surface area contributed by atoms with E-state index in [4.69, 9.17) is 16.3 Å². The number of hydrogen-bond donors (Lipinski definition) is 1. The van der Waals surface area contributed by atoms with Crippen LogP contribution < -0.4 is 5.32 Å². The Hall–Kier alpha value is -0.880. The van der Waals surface area contributed by atoms with Gasteiger partial charge in [-0.15, -0.1) is 12.4 Å². The van der Waals surface area contributed by atoms with Gasteiger partial charge in [-0.05, 0) is 42.9 Å². The molecule has 4 unspecified atom stereocenters. The quantitative estimate of drug-likeness (QED) is 0.819. The Kier molecular flexibility index (Phi) is 6.44. The lowest BCUT2D eigenvalue weighted by Crippen LogP contribution is -2.50. The van der Waals surface area contributed by atoms with E-state index in [1.165, 1.54) is 31.7 Å². The molecule has 144 valence electrons. The minimum atomic E-state index is -0.438. The summed E-state index contributed by atoms with van der Waals surface area (Å²) in [7, 11) is 0. The smallest absolute Gasteiger partial charge is 0.239 e. The van der Waals surface area contributed by atoms with Gasteiger partial charge in [-0.25, -0.2) is 4.39 Å². The van der Waals surface area contributed by atoms with E-state index in [0.717, 1.165) is 12.0 Å². The first kappa shape index (κ1) is 19.9. The average Bonchev–Trinajstić information content (AvgIpc) is 3.07. The molecule has 3 fully saturated rings. The van der Waals surface area contributed by atoms with Crippen molar-refractivity contribution in [1.29, 1.82) is 0 Å². The number of fused-ring (bicyclic) bond motifs is 1. The van der Waals surface area contributed by atoms with Crippen LogP contribution in [0, 0.1) is 11.7 Å². The Balaban J connectivity index is 0.00000196. The molecule has 1 N–H and O–H groups in total. The molecule has 1 aliphatic carbocycles. The number of halogens is 3. The molecule has 2 heterocycles. The van der Waals surface area contributed by atoms with E-state index in [1.807, 2.05) is 4.90 Å². The van der Waals surface area contributed by atoms with Gasteiger partial charge >= 0.3 is 0 Å². The lowest BCUT2D eigenvalue weighted by atomic mass is 9.85. The van der Waals surface area contributed by atoms with Crippen molar-refractivity contribution < 1.29 is 13.9 Å². The summed E-state index contributed by atoms with van der Waals surface area (Å²) in [6.07, 6.45) is 5.68. The van der Waals surface area contributed by atoms with Crippen molar-refractivity contribution in [1.82, 2.24) is 10.2 Å². The number of rotatable bonds is 2. The SMILES string of the molecule is Cl.O=C(C1CC2CCCCC2N1)N1CCOC(c2ccc(F)c(Cl)c2)C1. The first-order valence-corrected chi connectivity index (χ1v) is 9.61. The molecule has 4 rings (SSSR count). The standard InChI is InChI=1S/C19H24ClFN2O2.ClH/c20-14-9-13(5-6-15(14)21)18-11-23(7-8-25-18)19(24)17-10-12-3-1-2-4-16(12)22-17;/h5-6,9,12,16-18,22H,1-4,7-8,10-11H2;1H. The van der Waals surface area contributed by atoms with Crippen molar-refractivity contribution in [2.75, 3.05) is 19.7 Å². The molecule has 1 aromatic carbocycles. The molecule has 0 aromatic heterocycles. The Morgan fingerprint density at radius 2 is 2.12 bits per heavy atom. The van der Waals surface area contributed by atoms with E-state index in [1.54, 1.807) is 12.1 Å². The number of morpholine rings is 1. The van der Waals surface area contributed by atoms with Crippen molar-refractivity contribution in [3.63, 3.8) is 0 Å². The van der Waals surface area contributed by atoms with Gasteiger partial charge in [-0.3, -0.25) is 4.79 Å². The molecule has 4 atom stereocenters. The molecule has 1 saturated carbocycles. The number of nitrogens with zero attached hydrogens (tertiary/aromatic N) is 1. The number of amides is 1. The van der Waals surface area contributed by atoms with E-state index >= 15 is 0 Å². The highest BCUT2D eigenvalue weighted by molar-refractivity contribution is 6.30. The Labute approximate surface area is 164 Å². The zero-order chi connectivity index (χ0) is 17.4. The summed E-state index contributed by atoms with van der Waals surface area (Å²) in [5, 5.41) is 3.65. The van der Waals surface area contributed by atoms with Gasteiger partial charge in [0, 0.05) is 12.6 Å². The van der Waals surface area contributed by atoms with Gasteiger partial charge in [0.1, 0.15) is 11.9 Å². The second-order valence-electron chi connectivity index (χ2n) is 7.42. The molecule has 2 saturated heterocycles. The summed E-state index contributed by atoms with van der Waals surface area (Å²) in [6, 6.07) is 5.07. The normalized spacial score (nSPS) is 31.2. The number of ether oxygens (including phenoxy) is 1. The van der Waals surface area contributed by atoms with Crippen molar-refractivity contribution in [2.24, 2.45) is 5.92 Å². The molecule has 0 radical (unpaired) electrons. The van der Waals surface area contributed by atoms with Crippen LogP contribution in [0.5, 0.6) is 0 Å². The summed E-state index contributed by atoms with van der Waals surface area (Å²) >= 11 is 5.88. The van der Waals surface area contributed by atoms with Gasteiger partial charge in [0.05, 0.1) is 24.2 Å². The van der Waals surface area contributed by atoms with E-state index in [0.29, 0.717) is 31.7 Å². The van der Waals surface area contributed by atoms with Gasteiger partial charge in [-0.1, -0.05) is 30.5 Å². The molecular weight excluding hydrogens is 378 g/mol. The zero-order valence-electron chi connectivity index (χ0n) is 14.6. The molecular formula is C19H25Cl2FN2O2. The van der Waals surface area contributed by atoms with Gasteiger partial charge in [-0.2, -0.15) is 0 Å². The molecule has 7 heteroatoms. The third kappa shape index (κ3) is 4.01. The number of carbonyl (C=O) groups is 1. The molecule has 3 aliphatic rings. The molecule has 4 nitrogen and oxygen atoms in total. The second-order valence-corrected chi connectivity index (χ2v) is 7.83. The number of benzene rings is 1. The first-order valence-electron chi connectivity index (χ1n) is 9.23. The van der Waals surface area contributed by atoms with Gasteiger partial charge in [0.15, 0.2) is 0 Å². The highest BCUT2D eigenvalue weighted by atomic mass is 35.5. The zero-order valence-corrected chi connectivity index (χ0v) is 16.2. The molecule has 0 bridgehead atoms. The molecule has 2 aliphatic heterocycles. The second kappa shape index (κ2) is 8.42. The third-order valence-corrected chi connectivity index (χ3v) is 6.14. The first-order chi connectivity index (χ1) is 12.1. The van der Waals surface area contributed by atoms with Crippen LogP contribution in [0.25, 0.3) is 0 Å². The fourth-order valence-electron chi connectivity index (χ4n) is 4.49. The van der Waals surface area contributed by atoms with Crippen molar-refractivity contribution in [3.8, 4) is 0 Å². The van der Waals surface area contributed by atoms with Gasteiger partial charge in [0.25, 0.3) is 0 Å². The summed E-state index contributed by atoms with van der Waals surface area (Å²) in [5.41, 5.74) is 0.817. The largest absolute Gasteiger partial charge is 0.370 e. The lowest BCUT2D eigenvalue weighted by molar-refractivity contribution is -0.141. The lowest BCUT2D eigenvalue weighted by Gasteiger charge is -2.34. The van der Waals surface area contributed by atoms with E-state index in [-0.39, 0.29) is 35.5 Å². The predicted molar refractivity (Wildman–Crippen MR) is 101 cm³/mol. The molecule has 0 spiro atoms. The average molecular weight is 403 g/mol. The van der Waals surface area contributed by atoms with Gasteiger partial charge in [0.2, 0.25) is 5.91 Å². The topological polar surface area (TPSA) is 41.6 Å². The van der Waals surface area contributed by atoms with Crippen molar-refractivity contribution >= 4 is 29.9 Å². The summed E-state index contributed by atoms with van der Waals surface area (Å²) in [6.45, 7) is 1.59.